The molecule has 0 bridgehead atoms. The van der Waals surface area contributed by atoms with E-state index in [0.717, 1.165) is 0 Å². The van der Waals surface area contributed by atoms with Gasteiger partial charge < -0.3 is 16.2 Å². The maximum Gasteiger partial charge on any atom is 0.303 e. The molecule has 0 radical (unpaired) electrons. The number of nitrogens with one attached hydrogen (secondary N) is 1. The van der Waals surface area contributed by atoms with Crippen LogP contribution in [0.4, 0.5) is 0 Å². The summed E-state index contributed by atoms with van der Waals surface area (Å²) in [5.74, 6) is -1.18. The summed E-state index contributed by atoms with van der Waals surface area (Å²) < 4.78 is 0. The van der Waals surface area contributed by atoms with Crippen LogP contribution in [0.25, 0.3) is 0 Å². The van der Waals surface area contributed by atoms with Crippen molar-refractivity contribution in [2.24, 2.45) is 17.1 Å². The van der Waals surface area contributed by atoms with Crippen LogP contribution in [0.1, 0.15) is 34.1 Å². The van der Waals surface area contributed by atoms with Crippen LogP contribution in [0.3, 0.4) is 0 Å². The molecule has 0 saturated heterocycles. The summed E-state index contributed by atoms with van der Waals surface area (Å²) in [4.78, 5) is 22.0. The lowest BCUT2D eigenvalue weighted by Gasteiger charge is -2.26. The Morgan fingerprint density at radius 2 is 1.88 bits per heavy atom. The van der Waals surface area contributed by atoms with Crippen molar-refractivity contribution in [3.05, 3.63) is 0 Å². The topological polar surface area (TPSA) is 92.4 Å². The third-order valence-corrected chi connectivity index (χ3v) is 2.36. The largest absolute Gasteiger partial charge is 0.481 e. The number of hydrogen-bond acceptors (Lipinski definition) is 3. The van der Waals surface area contributed by atoms with Crippen LogP contribution in [0, 0.1) is 11.3 Å². The molecule has 1 amide bonds. The number of aliphatic carboxylic acids is 1. The fourth-order valence-corrected chi connectivity index (χ4v) is 1.15. The van der Waals surface area contributed by atoms with E-state index in [1.165, 1.54) is 0 Å². The first-order valence-electron chi connectivity index (χ1n) is 5.39. The summed E-state index contributed by atoms with van der Waals surface area (Å²) in [5, 5.41) is 11.2. The van der Waals surface area contributed by atoms with Crippen molar-refractivity contribution in [1.82, 2.24) is 5.32 Å². The number of nitrogens with two attached hydrogens (primary N) is 1. The highest BCUT2D eigenvalue weighted by Crippen LogP contribution is 2.17. The smallest absolute Gasteiger partial charge is 0.303 e. The highest BCUT2D eigenvalue weighted by molar-refractivity contribution is 5.82. The van der Waals surface area contributed by atoms with Gasteiger partial charge in [0.15, 0.2) is 0 Å². The Morgan fingerprint density at radius 3 is 2.25 bits per heavy atom. The van der Waals surface area contributed by atoms with Crippen molar-refractivity contribution in [2.45, 2.75) is 40.2 Å². The van der Waals surface area contributed by atoms with E-state index in [4.69, 9.17) is 10.8 Å². The third kappa shape index (κ3) is 5.70. The van der Waals surface area contributed by atoms with E-state index in [-0.39, 0.29) is 23.7 Å². The molecule has 0 aromatic carbocycles. The Hall–Kier alpha value is -1.10. The molecule has 0 aliphatic carbocycles. The molecule has 0 aromatic heterocycles. The zero-order valence-corrected chi connectivity index (χ0v) is 10.4. The lowest BCUT2D eigenvalue weighted by atomic mass is 9.87. The molecule has 5 heteroatoms. The van der Waals surface area contributed by atoms with Gasteiger partial charge in [0.1, 0.15) is 0 Å². The van der Waals surface area contributed by atoms with E-state index in [0.29, 0.717) is 6.54 Å². The second kappa shape index (κ2) is 5.84. The monoisotopic (exact) mass is 230 g/mol. The summed E-state index contributed by atoms with van der Waals surface area (Å²) in [5.41, 5.74) is 5.46. The zero-order chi connectivity index (χ0) is 12.9. The highest BCUT2D eigenvalue weighted by Gasteiger charge is 2.27. The predicted molar refractivity (Wildman–Crippen MR) is 61.9 cm³/mol. The van der Waals surface area contributed by atoms with Gasteiger partial charge in [-0.05, 0) is 11.3 Å². The van der Waals surface area contributed by atoms with E-state index >= 15 is 0 Å². The van der Waals surface area contributed by atoms with Crippen molar-refractivity contribution < 1.29 is 14.7 Å². The average Bonchev–Trinajstić information content (AvgIpc) is 2.10. The standard InChI is InChI=1S/C11H22N2O3/c1-7(5-8(14)15)6-13-10(16)9(12)11(2,3)4/h7,9H,5-6,12H2,1-4H3,(H,13,16)(H,14,15)/t7?,9-/m1/s1. The summed E-state index contributed by atoms with van der Waals surface area (Å²) in [6.07, 6.45) is 0.0467. The lowest BCUT2D eigenvalue weighted by Crippen LogP contribution is -2.49. The van der Waals surface area contributed by atoms with Crippen molar-refractivity contribution in [3.8, 4) is 0 Å². The number of carboxylic acids is 1. The van der Waals surface area contributed by atoms with Gasteiger partial charge in [-0.15, -0.1) is 0 Å². The van der Waals surface area contributed by atoms with Gasteiger partial charge >= 0.3 is 5.97 Å². The molecular formula is C11H22N2O3. The molecule has 0 rings (SSSR count). The van der Waals surface area contributed by atoms with Gasteiger partial charge in [0.05, 0.1) is 6.04 Å². The van der Waals surface area contributed by atoms with Crippen LogP contribution in [-0.4, -0.2) is 29.6 Å². The number of carbonyl (C=O) groups excluding carboxylic acids is 1. The van der Waals surface area contributed by atoms with Crippen molar-refractivity contribution >= 4 is 11.9 Å². The first-order chi connectivity index (χ1) is 7.14. The van der Waals surface area contributed by atoms with E-state index < -0.39 is 12.0 Å². The fraction of sp³-hybridized carbons (Fsp3) is 0.818. The normalized spacial score (nSPS) is 15.3. The maximum atomic E-state index is 11.6. The summed E-state index contributed by atoms with van der Waals surface area (Å²) in [7, 11) is 0. The lowest BCUT2D eigenvalue weighted by molar-refractivity contribution is -0.138. The number of rotatable bonds is 5. The molecule has 0 heterocycles. The molecule has 2 atom stereocenters. The molecule has 4 N–H and O–H groups in total. The van der Waals surface area contributed by atoms with Crippen molar-refractivity contribution in [2.75, 3.05) is 6.54 Å². The Labute approximate surface area is 96.4 Å². The first kappa shape index (κ1) is 14.9. The molecule has 94 valence electrons. The maximum absolute atomic E-state index is 11.6. The van der Waals surface area contributed by atoms with Crippen LogP contribution < -0.4 is 11.1 Å². The van der Waals surface area contributed by atoms with Crippen LogP contribution in [0.2, 0.25) is 0 Å². The van der Waals surface area contributed by atoms with Gasteiger partial charge in [-0.2, -0.15) is 0 Å². The minimum absolute atomic E-state index is 0.0467. The third-order valence-electron chi connectivity index (χ3n) is 2.36. The number of carboxylic acid groups (broad SMARTS) is 1. The van der Waals surface area contributed by atoms with Crippen LogP contribution in [0.5, 0.6) is 0 Å². The van der Waals surface area contributed by atoms with Gasteiger partial charge in [0.25, 0.3) is 0 Å². The number of carbonyl (C=O) groups is 2. The van der Waals surface area contributed by atoms with Crippen LogP contribution in [-0.2, 0) is 9.59 Å². The second-order valence-corrected chi connectivity index (χ2v) is 5.29. The summed E-state index contributed by atoms with van der Waals surface area (Å²) in [6.45, 7) is 7.78. The minimum Gasteiger partial charge on any atom is -0.481 e. The molecule has 1 unspecified atom stereocenters. The molecule has 0 spiro atoms. The average molecular weight is 230 g/mol. The first-order valence-corrected chi connectivity index (χ1v) is 5.39. The molecule has 0 saturated carbocycles. The fourth-order valence-electron chi connectivity index (χ4n) is 1.15. The van der Waals surface area contributed by atoms with Gasteiger partial charge in [-0.25, -0.2) is 0 Å². The van der Waals surface area contributed by atoms with E-state index in [2.05, 4.69) is 5.32 Å². The molecular weight excluding hydrogens is 208 g/mol. The van der Waals surface area contributed by atoms with Crippen LogP contribution in [0.15, 0.2) is 0 Å². The van der Waals surface area contributed by atoms with Gasteiger partial charge in [0, 0.05) is 13.0 Å². The molecule has 0 fully saturated rings. The van der Waals surface area contributed by atoms with Crippen molar-refractivity contribution in [3.63, 3.8) is 0 Å². The summed E-state index contributed by atoms with van der Waals surface area (Å²) >= 11 is 0. The second-order valence-electron chi connectivity index (χ2n) is 5.29. The van der Waals surface area contributed by atoms with E-state index in [1.54, 1.807) is 6.92 Å². The van der Waals surface area contributed by atoms with Crippen molar-refractivity contribution in [1.29, 1.82) is 0 Å². The van der Waals surface area contributed by atoms with Gasteiger partial charge in [0.2, 0.25) is 5.91 Å². The predicted octanol–water partition coefficient (Wildman–Crippen LogP) is 0.587. The Bertz CT molecular complexity index is 258. The molecule has 5 nitrogen and oxygen atoms in total. The quantitative estimate of drug-likeness (QED) is 0.644. The Balaban J connectivity index is 4.03. The molecule has 16 heavy (non-hydrogen) atoms. The highest BCUT2D eigenvalue weighted by atomic mass is 16.4. The number of hydrogen-bond donors (Lipinski definition) is 3. The SMILES string of the molecule is CC(CNC(=O)[C@@H](N)C(C)(C)C)CC(=O)O. The molecule has 0 aliphatic heterocycles. The van der Waals surface area contributed by atoms with Crippen LogP contribution >= 0.6 is 0 Å². The van der Waals surface area contributed by atoms with Gasteiger partial charge in [-0.1, -0.05) is 27.7 Å². The zero-order valence-electron chi connectivity index (χ0n) is 10.4. The van der Waals surface area contributed by atoms with E-state index in [9.17, 15) is 9.59 Å². The Kier molecular flexibility index (Phi) is 5.44. The van der Waals surface area contributed by atoms with Gasteiger partial charge in [-0.3, -0.25) is 9.59 Å². The minimum atomic E-state index is -0.859. The van der Waals surface area contributed by atoms with E-state index in [1.807, 2.05) is 20.8 Å². The number of amides is 1. The Morgan fingerprint density at radius 1 is 1.38 bits per heavy atom. The summed E-state index contributed by atoms with van der Waals surface area (Å²) in [6, 6.07) is -0.579. The molecule has 0 aliphatic rings. The molecule has 0 aromatic rings.